The zero-order valence-corrected chi connectivity index (χ0v) is 16.4. The molecule has 3 rings (SSSR count). The Kier molecular flexibility index (Phi) is 6.29. The number of rotatable bonds is 4. The molecule has 1 aromatic heterocycles. The van der Waals surface area contributed by atoms with Crippen LogP contribution in [0.25, 0.3) is 0 Å². The van der Waals surface area contributed by atoms with Crippen LogP contribution in [0.1, 0.15) is 54.4 Å². The molecule has 1 saturated carbocycles. The van der Waals surface area contributed by atoms with E-state index in [0.29, 0.717) is 6.54 Å². The predicted octanol–water partition coefficient (Wildman–Crippen LogP) is 3.95. The van der Waals surface area contributed by atoms with Gasteiger partial charge in [-0.15, -0.1) is 0 Å². The zero-order chi connectivity index (χ0) is 17.6. The molecule has 0 spiro atoms. The SMILES string of the molecule is O=C(NC1CCCCCC1)c1cccn(Cc2cccc(I)c2)c1=O. The van der Waals surface area contributed by atoms with E-state index in [1.807, 2.05) is 24.3 Å². The largest absolute Gasteiger partial charge is 0.349 e. The van der Waals surface area contributed by atoms with Gasteiger partial charge >= 0.3 is 0 Å². The highest BCUT2D eigenvalue weighted by Gasteiger charge is 2.18. The average molecular weight is 450 g/mol. The van der Waals surface area contributed by atoms with Crippen molar-refractivity contribution in [2.45, 2.75) is 51.1 Å². The number of hydrogen-bond donors (Lipinski definition) is 1. The summed E-state index contributed by atoms with van der Waals surface area (Å²) < 4.78 is 2.73. The molecule has 25 heavy (non-hydrogen) atoms. The first-order chi connectivity index (χ1) is 12.1. The van der Waals surface area contributed by atoms with Crippen molar-refractivity contribution < 1.29 is 4.79 Å². The molecule has 0 atom stereocenters. The lowest BCUT2D eigenvalue weighted by atomic mass is 10.1. The van der Waals surface area contributed by atoms with Gasteiger partial charge in [0.15, 0.2) is 0 Å². The Morgan fingerprint density at radius 2 is 1.88 bits per heavy atom. The molecule has 1 aliphatic rings. The number of halogens is 1. The average Bonchev–Trinajstić information content (AvgIpc) is 2.85. The number of carbonyl (C=O) groups is 1. The van der Waals surface area contributed by atoms with E-state index >= 15 is 0 Å². The third-order valence-corrected chi connectivity index (χ3v) is 5.37. The highest BCUT2D eigenvalue weighted by atomic mass is 127. The van der Waals surface area contributed by atoms with Gasteiger partial charge in [0.05, 0.1) is 6.54 Å². The van der Waals surface area contributed by atoms with E-state index in [2.05, 4.69) is 27.9 Å². The van der Waals surface area contributed by atoms with Gasteiger partial charge in [0.25, 0.3) is 11.5 Å². The first-order valence-corrected chi connectivity index (χ1v) is 9.96. The van der Waals surface area contributed by atoms with E-state index in [9.17, 15) is 9.59 Å². The Morgan fingerprint density at radius 1 is 1.12 bits per heavy atom. The molecule has 1 amide bonds. The quantitative estimate of drug-likeness (QED) is 0.567. The van der Waals surface area contributed by atoms with E-state index in [0.717, 1.165) is 34.8 Å². The van der Waals surface area contributed by atoms with Gasteiger partial charge in [-0.2, -0.15) is 0 Å². The molecule has 1 heterocycles. The van der Waals surface area contributed by atoms with Crippen molar-refractivity contribution in [1.29, 1.82) is 0 Å². The van der Waals surface area contributed by atoms with Crippen LogP contribution in [0.15, 0.2) is 47.4 Å². The van der Waals surface area contributed by atoms with E-state index in [1.165, 1.54) is 12.8 Å². The van der Waals surface area contributed by atoms with Crippen LogP contribution in [-0.2, 0) is 6.54 Å². The molecule has 2 aromatic rings. The summed E-state index contributed by atoms with van der Waals surface area (Å²) in [5, 5.41) is 3.06. The van der Waals surface area contributed by atoms with Crippen LogP contribution in [0.5, 0.6) is 0 Å². The van der Waals surface area contributed by atoms with Crippen LogP contribution in [0.3, 0.4) is 0 Å². The molecule has 0 radical (unpaired) electrons. The van der Waals surface area contributed by atoms with Crippen LogP contribution >= 0.6 is 22.6 Å². The van der Waals surface area contributed by atoms with E-state index in [4.69, 9.17) is 0 Å². The summed E-state index contributed by atoms with van der Waals surface area (Å²) in [6.45, 7) is 0.472. The minimum atomic E-state index is -0.242. The Hall–Kier alpha value is -1.63. The normalized spacial score (nSPS) is 15.6. The van der Waals surface area contributed by atoms with Crippen molar-refractivity contribution in [2.75, 3.05) is 0 Å². The Labute approximate surface area is 161 Å². The summed E-state index contributed by atoms with van der Waals surface area (Å²) in [7, 11) is 0. The second-order valence-electron chi connectivity index (χ2n) is 6.65. The maximum Gasteiger partial charge on any atom is 0.263 e. The minimum Gasteiger partial charge on any atom is -0.349 e. The molecule has 0 bridgehead atoms. The number of pyridine rings is 1. The van der Waals surface area contributed by atoms with Crippen molar-refractivity contribution in [3.05, 3.63) is 67.6 Å². The predicted molar refractivity (Wildman–Crippen MR) is 108 cm³/mol. The van der Waals surface area contributed by atoms with Crippen molar-refractivity contribution in [3.8, 4) is 0 Å². The second-order valence-corrected chi connectivity index (χ2v) is 7.89. The third-order valence-electron chi connectivity index (χ3n) is 4.70. The van der Waals surface area contributed by atoms with E-state index < -0.39 is 0 Å². The molecule has 1 aliphatic carbocycles. The summed E-state index contributed by atoms with van der Waals surface area (Å²) in [5.41, 5.74) is 1.06. The molecule has 1 aromatic carbocycles. The van der Waals surface area contributed by atoms with Crippen molar-refractivity contribution in [2.24, 2.45) is 0 Å². The Balaban J connectivity index is 1.76. The summed E-state index contributed by atoms with van der Waals surface area (Å²) in [6.07, 6.45) is 8.53. The van der Waals surface area contributed by atoms with Gasteiger partial charge in [-0.3, -0.25) is 9.59 Å². The number of benzene rings is 1. The minimum absolute atomic E-state index is 0.193. The van der Waals surface area contributed by atoms with Crippen LogP contribution in [-0.4, -0.2) is 16.5 Å². The summed E-state index contributed by atoms with van der Waals surface area (Å²) >= 11 is 2.26. The fraction of sp³-hybridized carbons (Fsp3) is 0.400. The lowest BCUT2D eigenvalue weighted by Gasteiger charge is -2.16. The van der Waals surface area contributed by atoms with Crippen molar-refractivity contribution >= 4 is 28.5 Å². The summed E-state index contributed by atoms with van der Waals surface area (Å²) in [6, 6.07) is 11.6. The first-order valence-electron chi connectivity index (χ1n) is 8.88. The first kappa shape index (κ1) is 18.2. The third kappa shape index (κ3) is 4.93. The maximum absolute atomic E-state index is 12.7. The fourth-order valence-electron chi connectivity index (χ4n) is 3.35. The van der Waals surface area contributed by atoms with E-state index in [1.54, 1.807) is 22.9 Å². The zero-order valence-electron chi connectivity index (χ0n) is 14.2. The topological polar surface area (TPSA) is 51.1 Å². The molecule has 4 nitrogen and oxygen atoms in total. The molecule has 1 fully saturated rings. The van der Waals surface area contributed by atoms with Gasteiger partial charge in [-0.1, -0.05) is 37.8 Å². The number of nitrogens with one attached hydrogen (secondary N) is 1. The van der Waals surface area contributed by atoms with Gasteiger partial charge in [0, 0.05) is 15.8 Å². The molecule has 0 aliphatic heterocycles. The Morgan fingerprint density at radius 3 is 2.60 bits per heavy atom. The highest BCUT2D eigenvalue weighted by Crippen LogP contribution is 2.17. The molecular formula is C20H23IN2O2. The van der Waals surface area contributed by atoms with Gasteiger partial charge < -0.3 is 9.88 Å². The fourth-order valence-corrected chi connectivity index (χ4v) is 3.96. The van der Waals surface area contributed by atoms with Crippen molar-refractivity contribution in [1.82, 2.24) is 9.88 Å². The lowest BCUT2D eigenvalue weighted by Crippen LogP contribution is -2.38. The summed E-state index contributed by atoms with van der Waals surface area (Å²) in [5.74, 6) is -0.242. The van der Waals surface area contributed by atoms with Gasteiger partial charge in [0.2, 0.25) is 0 Å². The highest BCUT2D eigenvalue weighted by molar-refractivity contribution is 14.1. The molecule has 132 valence electrons. The number of nitrogens with zero attached hydrogens (tertiary/aromatic N) is 1. The summed E-state index contributed by atoms with van der Waals surface area (Å²) in [4.78, 5) is 25.3. The smallest absolute Gasteiger partial charge is 0.263 e. The number of carbonyl (C=O) groups excluding carboxylic acids is 1. The lowest BCUT2D eigenvalue weighted by molar-refractivity contribution is 0.0931. The van der Waals surface area contributed by atoms with Crippen LogP contribution < -0.4 is 10.9 Å². The monoisotopic (exact) mass is 450 g/mol. The molecule has 1 N–H and O–H groups in total. The second kappa shape index (κ2) is 8.65. The van der Waals surface area contributed by atoms with Crippen LogP contribution in [0, 0.1) is 3.57 Å². The standard InChI is InChI=1S/C20H23IN2O2/c21-16-8-5-7-15(13-16)14-23-12-6-11-18(20(23)25)19(24)22-17-9-3-1-2-4-10-17/h5-8,11-13,17H,1-4,9-10,14H2,(H,22,24). The number of amides is 1. The number of aromatic nitrogens is 1. The van der Waals surface area contributed by atoms with Crippen molar-refractivity contribution in [3.63, 3.8) is 0 Å². The maximum atomic E-state index is 12.7. The molecule has 0 unspecified atom stereocenters. The van der Waals surface area contributed by atoms with E-state index in [-0.39, 0.29) is 23.1 Å². The van der Waals surface area contributed by atoms with Crippen LogP contribution in [0.4, 0.5) is 0 Å². The van der Waals surface area contributed by atoms with Gasteiger partial charge in [0.1, 0.15) is 5.56 Å². The van der Waals surface area contributed by atoms with Gasteiger partial charge in [-0.25, -0.2) is 0 Å². The molecule has 5 heteroatoms. The molecule has 0 saturated heterocycles. The van der Waals surface area contributed by atoms with Crippen LogP contribution in [0.2, 0.25) is 0 Å². The van der Waals surface area contributed by atoms with Gasteiger partial charge in [-0.05, 0) is 65.3 Å². The Bertz CT molecular complexity index is 792. The number of hydrogen-bond acceptors (Lipinski definition) is 2. The molecular weight excluding hydrogens is 427 g/mol.